The predicted octanol–water partition coefficient (Wildman–Crippen LogP) is 3.17. The average molecular weight is 241 g/mol. The number of benzene rings is 1. The number of thiophene rings is 1. The molecular weight excluding hydrogens is 232 g/mol. The van der Waals surface area contributed by atoms with Gasteiger partial charge in [0.15, 0.2) is 0 Å². The molecule has 2 aromatic heterocycles. The maximum atomic E-state index is 5.15. The number of nitrogens with zero attached hydrogens (tertiary/aromatic N) is 2. The second-order valence-electron chi connectivity index (χ2n) is 3.52. The summed E-state index contributed by atoms with van der Waals surface area (Å²) in [4.78, 5) is 9.89. The monoisotopic (exact) mass is 241 g/mol. The summed E-state index contributed by atoms with van der Waals surface area (Å²) in [5, 5.41) is 2.02. The third kappa shape index (κ3) is 1.87. The van der Waals surface area contributed by atoms with Gasteiger partial charge in [-0.25, -0.2) is 9.97 Å². The van der Waals surface area contributed by atoms with Crippen molar-refractivity contribution < 1.29 is 4.74 Å². The van der Waals surface area contributed by atoms with E-state index in [-0.39, 0.29) is 0 Å². The summed E-state index contributed by atoms with van der Waals surface area (Å²) in [5.41, 5.74) is 2.44. The molecule has 3 rings (SSSR count). The SMILES string of the molecule is COc1ccc2nc(-c3cccs3)[c]nc2c1. The Morgan fingerprint density at radius 1 is 1.24 bits per heavy atom. The quantitative estimate of drug-likeness (QED) is 0.691. The fourth-order valence-electron chi connectivity index (χ4n) is 1.60. The van der Waals surface area contributed by atoms with Gasteiger partial charge in [0, 0.05) is 6.07 Å². The molecule has 0 amide bonds. The lowest BCUT2D eigenvalue weighted by molar-refractivity contribution is 0.415. The van der Waals surface area contributed by atoms with Crippen LogP contribution in [0.4, 0.5) is 0 Å². The third-order valence-corrected chi connectivity index (χ3v) is 3.33. The number of rotatable bonds is 2. The van der Waals surface area contributed by atoms with Crippen LogP contribution < -0.4 is 4.74 Å². The molecule has 0 spiro atoms. The number of hydrogen-bond acceptors (Lipinski definition) is 4. The van der Waals surface area contributed by atoms with Crippen LogP contribution in [-0.4, -0.2) is 17.1 Å². The van der Waals surface area contributed by atoms with Gasteiger partial charge in [-0.05, 0) is 23.6 Å². The normalized spacial score (nSPS) is 10.6. The van der Waals surface area contributed by atoms with Gasteiger partial charge < -0.3 is 4.74 Å². The number of ether oxygens (including phenoxy) is 1. The second-order valence-corrected chi connectivity index (χ2v) is 4.46. The fraction of sp³-hybridized carbons (Fsp3) is 0.0769. The van der Waals surface area contributed by atoms with Crippen molar-refractivity contribution in [2.45, 2.75) is 0 Å². The minimum absolute atomic E-state index is 0.782. The fourth-order valence-corrected chi connectivity index (χ4v) is 2.26. The molecule has 0 aliphatic rings. The van der Waals surface area contributed by atoms with E-state index in [1.807, 2.05) is 35.7 Å². The standard InChI is InChI=1S/C13H9N2OS/c1-16-9-4-5-10-11(7-9)14-8-12(15-10)13-3-2-6-17-13/h2-7H,1H3. The van der Waals surface area contributed by atoms with Crippen LogP contribution in [0.3, 0.4) is 0 Å². The molecule has 17 heavy (non-hydrogen) atoms. The molecule has 0 saturated heterocycles. The van der Waals surface area contributed by atoms with Crippen molar-refractivity contribution in [2.75, 3.05) is 7.11 Å². The van der Waals surface area contributed by atoms with Gasteiger partial charge in [-0.1, -0.05) is 6.07 Å². The van der Waals surface area contributed by atoms with E-state index < -0.39 is 0 Å². The molecule has 3 nitrogen and oxygen atoms in total. The highest BCUT2D eigenvalue weighted by molar-refractivity contribution is 7.13. The first-order valence-electron chi connectivity index (χ1n) is 5.14. The van der Waals surface area contributed by atoms with Crippen LogP contribution >= 0.6 is 11.3 Å². The van der Waals surface area contributed by atoms with Crippen LogP contribution in [0.25, 0.3) is 21.6 Å². The smallest absolute Gasteiger partial charge is 0.121 e. The molecule has 0 bridgehead atoms. The van der Waals surface area contributed by atoms with E-state index in [0.29, 0.717) is 0 Å². The lowest BCUT2D eigenvalue weighted by Gasteiger charge is -2.02. The van der Waals surface area contributed by atoms with Crippen LogP contribution in [0.2, 0.25) is 0 Å². The highest BCUT2D eigenvalue weighted by Crippen LogP contribution is 2.24. The zero-order valence-electron chi connectivity index (χ0n) is 9.18. The Hall–Kier alpha value is -1.94. The lowest BCUT2D eigenvalue weighted by Crippen LogP contribution is -1.89. The van der Waals surface area contributed by atoms with E-state index in [2.05, 4.69) is 16.2 Å². The van der Waals surface area contributed by atoms with Crippen LogP contribution in [0.5, 0.6) is 5.75 Å². The highest BCUT2D eigenvalue weighted by atomic mass is 32.1. The summed E-state index contributed by atoms with van der Waals surface area (Å²) in [5.74, 6) is 0.782. The van der Waals surface area contributed by atoms with Crippen molar-refractivity contribution in [2.24, 2.45) is 0 Å². The molecule has 0 aliphatic carbocycles. The van der Waals surface area contributed by atoms with Crippen LogP contribution in [0.15, 0.2) is 35.7 Å². The Labute approximate surface area is 103 Å². The number of methoxy groups -OCH3 is 1. The molecule has 0 N–H and O–H groups in total. The van der Waals surface area contributed by atoms with Gasteiger partial charge in [0.2, 0.25) is 0 Å². The molecule has 2 heterocycles. The molecular formula is C13H9N2OS. The minimum Gasteiger partial charge on any atom is -0.497 e. The maximum Gasteiger partial charge on any atom is 0.121 e. The zero-order chi connectivity index (χ0) is 11.7. The van der Waals surface area contributed by atoms with E-state index in [1.54, 1.807) is 18.4 Å². The van der Waals surface area contributed by atoms with Gasteiger partial charge >= 0.3 is 0 Å². The zero-order valence-corrected chi connectivity index (χ0v) is 9.99. The number of fused-ring (bicyclic) bond motifs is 1. The Balaban J connectivity index is 2.14. The predicted molar refractivity (Wildman–Crippen MR) is 68.2 cm³/mol. The van der Waals surface area contributed by atoms with Crippen LogP contribution in [0, 0.1) is 6.20 Å². The first-order valence-corrected chi connectivity index (χ1v) is 6.02. The Morgan fingerprint density at radius 2 is 2.18 bits per heavy atom. The summed E-state index contributed by atoms with van der Waals surface area (Å²) >= 11 is 1.63. The maximum absolute atomic E-state index is 5.15. The van der Waals surface area contributed by atoms with E-state index >= 15 is 0 Å². The molecule has 1 radical (unpaired) electrons. The minimum atomic E-state index is 0.782. The van der Waals surface area contributed by atoms with E-state index in [0.717, 1.165) is 27.4 Å². The topological polar surface area (TPSA) is 35.0 Å². The van der Waals surface area contributed by atoms with Crippen molar-refractivity contribution in [1.29, 1.82) is 0 Å². The van der Waals surface area contributed by atoms with Gasteiger partial charge in [-0.3, -0.25) is 0 Å². The van der Waals surface area contributed by atoms with E-state index in [9.17, 15) is 0 Å². The van der Waals surface area contributed by atoms with Crippen molar-refractivity contribution >= 4 is 22.4 Å². The molecule has 0 unspecified atom stereocenters. The van der Waals surface area contributed by atoms with Gasteiger partial charge in [0.05, 0.1) is 23.0 Å². The molecule has 83 valence electrons. The molecule has 0 fully saturated rings. The van der Waals surface area contributed by atoms with Gasteiger partial charge in [-0.15, -0.1) is 11.3 Å². The first-order chi connectivity index (χ1) is 8.36. The largest absolute Gasteiger partial charge is 0.497 e. The van der Waals surface area contributed by atoms with Crippen molar-refractivity contribution in [3.63, 3.8) is 0 Å². The number of hydrogen-bond donors (Lipinski definition) is 0. The second kappa shape index (κ2) is 4.14. The molecule has 0 saturated carbocycles. The Morgan fingerprint density at radius 3 is 2.94 bits per heavy atom. The van der Waals surface area contributed by atoms with Crippen molar-refractivity contribution in [1.82, 2.24) is 9.97 Å². The van der Waals surface area contributed by atoms with Crippen LogP contribution in [-0.2, 0) is 0 Å². The molecule has 0 atom stereocenters. The van der Waals surface area contributed by atoms with E-state index in [1.165, 1.54) is 0 Å². The summed E-state index contributed by atoms with van der Waals surface area (Å²) < 4.78 is 5.15. The lowest BCUT2D eigenvalue weighted by atomic mass is 10.2. The Bertz CT molecular complexity index is 650. The molecule has 1 aromatic carbocycles. The summed E-state index contributed by atoms with van der Waals surface area (Å²) in [6.07, 6.45) is 2.96. The number of aromatic nitrogens is 2. The Kier molecular flexibility index (Phi) is 2.49. The van der Waals surface area contributed by atoms with E-state index in [4.69, 9.17) is 4.74 Å². The van der Waals surface area contributed by atoms with Crippen LogP contribution in [0.1, 0.15) is 0 Å². The average Bonchev–Trinajstić information content (AvgIpc) is 2.91. The molecule has 4 heteroatoms. The van der Waals surface area contributed by atoms with Gasteiger partial charge in [0.25, 0.3) is 0 Å². The summed E-state index contributed by atoms with van der Waals surface area (Å²) in [6, 6.07) is 9.66. The summed E-state index contributed by atoms with van der Waals surface area (Å²) in [7, 11) is 1.64. The van der Waals surface area contributed by atoms with Gasteiger partial charge in [0.1, 0.15) is 17.6 Å². The van der Waals surface area contributed by atoms with Crippen molar-refractivity contribution in [3.8, 4) is 16.3 Å². The highest BCUT2D eigenvalue weighted by Gasteiger charge is 2.04. The first kappa shape index (κ1) is 10.2. The molecule has 3 aromatic rings. The van der Waals surface area contributed by atoms with Gasteiger partial charge in [-0.2, -0.15) is 0 Å². The third-order valence-electron chi connectivity index (χ3n) is 2.45. The van der Waals surface area contributed by atoms with Crippen molar-refractivity contribution in [3.05, 3.63) is 41.9 Å². The molecule has 0 aliphatic heterocycles. The summed E-state index contributed by atoms with van der Waals surface area (Å²) in [6.45, 7) is 0.